The number of fused-ring (bicyclic) bond motifs is 1. The minimum absolute atomic E-state index is 0.0559. The van der Waals surface area contributed by atoms with Crippen LogP contribution in [0.2, 0.25) is 0 Å². The van der Waals surface area contributed by atoms with Crippen molar-refractivity contribution in [3.8, 4) is 0 Å². The van der Waals surface area contributed by atoms with Crippen LogP contribution >= 0.6 is 11.3 Å². The van der Waals surface area contributed by atoms with Gasteiger partial charge in [0.1, 0.15) is 0 Å². The van der Waals surface area contributed by atoms with Crippen LogP contribution in [0, 0.1) is 0 Å². The smallest absolute Gasteiger partial charge is 0.339 e. The minimum atomic E-state index is -0.342. The molecular formula is C19H19N5O2S. The fraction of sp³-hybridized carbons (Fsp3) is 0.263. The van der Waals surface area contributed by atoms with Crippen molar-refractivity contribution in [2.24, 2.45) is 0 Å². The van der Waals surface area contributed by atoms with E-state index in [1.807, 2.05) is 35.7 Å². The van der Waals surface area contributed by atoms with Crippen molar-refractivity contribution in [3.63, 3.8) is 0 Å². The van der Waals surface area contributed by atoms with Crippen molar-refractivity contribution < 1.29 is 9.53 Å². The molecule has 8 heteroatoms. The number of nitrogens with zero attached hydrogens (tertiary/aromatic N) is 3. The molecule has 0 amide bonds. The Morgan fingerprint density at radius 1 is 1.15 bits per heavy atom. The van der Waals surface area contributed by atoms with E-state index in [1.165, 1.54) is 11.3 Å². The summed E-state index contributed by atoms with van der Waals surface area (Å²) in [6.07, 6.45) is 4.28. The Labute approximate surface area is 160 Å². The summed E-state index contributed by atoms with van der Waals surface area (Å²) in [6.45, 7) is -0.0559. The first kappa shape index (κ1) is 17.4. The van der Waals surface area contributed by atoms with Gasteiger partial charge in [0.25, 0.3) is 0 Å². The van der Waals surface area contributed by atoms with Crippen LogP contribution in [0.5, 0.6) is 0 Å². The van der Waals surface area contributed by atoms with Gasteiger partial charge >= 0.3 is 5.97 Å². The Bertz CT molecular complexity index is 958. The number of nitrogens with two attached hydrogens (primary N) is 1. The number of carbonyl (C=O) groups is 1. The number of nitrogen functional groups attached to an aromatic ring is 1. The highest BCUT2D eigenvalue weighted by Crippen LogP contribution is 2.30. The normalized spacial score (nSPS) is 13.0. The van der Waals surface area contributed by atoms with Crippen LogP contribution in [0.4, 0.5) is 17.6 Å². The number of aromatic nitrogens is 3. The topological polar surface area (TPSA) is 103 Å². The molecule has 0 saturated carbocycles. The van der Waals surface area contributed by atoms with Gasteiger partial charge in [0, 0.05) is 15.9 Å². The zero-order valence-electron chi connectivity index (χ0n) is 14.6. The average molecular weight is 381 g/mol. The molecule has 3 aromatic rings. The molecule has 0 radical (unpaired) electrons. The molecule has 0 fully saturated rings. The molecule has 1 aliphatic carbocycles. The van der Waals surface area contributed by atoms with Gasteiger partial charge < -0.3 is 15.8 Å². The number of hydrogen-bond donors (Lipinski definition) is 2. The summed E-state index contributed by atoms with van der Waals surface area (Å²) in [5.41, 5.74) is 8.40. The van der Waals surface area contributed by atoms with Crippen molar-refractivity contribution in [1.82, 2.24) is 15.0 Å². The second-order valence-corrected chi connectivity index (χ2v) is 7.22. The number of anilines is 3. The van der Waals surface area contributed by atoms with Crippen LogP contribution in [-0.4, -0.2) is 20.9 Å². The highest BCUT2D eigenvalue weighted by molar-refractivity contribution is 7.10. The minimum Gasteiger partial charge on any atom is -0.454 e. The zero-order valence-corrected chi connectivity index (χ0v) is 15.5. The molecule has 27 heavy (non-hydrogen) atoms. The third-order valence-electron chi connectivity index (χ3n) is 4.34. The predicted molar refractivity (Wildman–Crippen MR) is 104 cm³/mol. The van der Waals surface area contributed by atoms with Crippen LogP contribution < -0.4 is 11.1 Å². The molecule has 0 bridgehead atoms. The van der Waals surface area contributed by atoms with Crippen LogP contribution in [0.3, 0.4) is 0 Å². The molecule has 0 spiro atoms. The number of ether oxygens (including phenoxy) is 1. The number of rotatable bonds is 5. The molecular weight excluding hydrogens is 362 g/mol. The van der Waals surface area contributed by atoms with Crippen LogP contribution in [0.15, 0.2) is 35.7 Å². The summed E-state index contributed by atoms with van der Waals surface area (Å²) in [7, 11) is 0. The Morgan fingerprint density at radius 2 is 1.96 bits per heavy atom. The lowest BCUT2D eigenvalue weighted by Crippen LogP contribution is -2.12. The number of thiophene rings is 1. The number of hydrogen-bond acceptors (Lipinski definition) is 8. The molecule has 138 valence electrons. The van der Waals surface area contributed by atoms with Gasteiger partial charge in [0.05, 0.1) is 5.56 Å². The van der Waals surface area contributed by atoms with Gasteiger partial charge in [-0.1, -0.05) is 18.2 Å². The predicted octanol–water partition coefficient (Wildman–Crippen LogP) is 3.49. The van der Waals surface area contributed by atoms with Crippen LogP contribution in [0.1, 0.15) is 39.5 Å². The number of nitrogens with one attached hydrogen (secondary N) is 1. The van der Waals surface area contributed by atoms with Gasteiger partial charge in [-0.2, -0.15) is 15.0 Å². The molecule has 0 saturated heterocycles. The van der Waals surface area contributed by atoms with E-state index in [0.29, 0.717) is 17.3 Å². The summed E-state index contributed by atoms with van der Waals surface area (Å²) in [5, 5.41) is 4.95. The summed E-state index contributed by atoms with van der Waals surface area (Å²) in [6, 6.07) is 9.49. The van der Waals surface area contributed by atoms with Crippen molar-refractivity contribution in [3.05, 3.63) is 57.5 Å². The monoisotopic (exact) mass is 381 g/mol. The van der Waals surface area contributed by atoms with Crippen molar-refractivity contribution in [2.45, 2.75) is 32.3 Å². The number of para-hydroxylation sites is 1. The standard InChI is InChI=1S/C19H19N5O2S/c20-18-22-16(23-19(24-18)21-12-6-2-1-3-7-12)10-26-17(25)14-11-27-15-9-5-4-8-13(14)15/h1-3,6-7,11H,4-5,8-10H2,(H3,20,21,22,23,24). The second-order valence-electron chi connectivity index (χ2n) is 6.26. The lowest BCUT2D eigenvalue weighted by atomic mass is 9.96. The first-order chi connectivity index (χ1) is 13.2. The maximum atomic E-state index is 12.5. The van der Waals surface area contributed by atoms with Crippen LogP contribution in [0.25, 0.3) is 0 Å². The molecule has 0 unspecified atom stereocenters. The Balaban J connectivity index is 1.45. The lowest BCUT2D eigenvalue weighted by Gasteiger charge is -2.12. The Kier molecular flexibility index (Phi) is 4.97. The maximum Gasteiger partial charge on any atom is 0.339 e. The van der Waals surface area contributed by atoms with Gasteiger partial charge in [-0.15, -0.1) is 11.3 Å². The molecule has 1 aromatic carbocycles. The van der Waals surface area contributed by atoms with E-state index in [2.05, 4.69) is 20.3 Å². The maximum absolute atomic E-state index is 12.5. The molecule has 1 aliphatic rings. The van der Waals surface area contributed by atoms with Gasteiger partial charge in [-0.3, -0.25) is 0 Å². The Hall–Kier alpha value is -3.00. The molecule has 7 nitrogen and oxygen atoms in total. The van der Waals surface area contributed by atoms with E-state index in [4.69, 9.17) is 10.5 Å². The zero-order chi connectivity index (χ0) is 18.6. The van der Waals surface area contributed by atoms with Crippen molar-refractivity contribution in [1.29, 1.82) is 0 Å². The van der Waals surface area contributed by atoms with Gasteiger partial charge in [-0.25, -0.2) is 4.79 Å². The van der Waals surface area contributed by atoms with E-state index < -0.39 is 0 Å². The molecule has 0 atom stereocenters. The molecule has 2 heterocycles. The summed E-state index contributed by atoms with van der Waals surface area (Å²) in [4.78, 5) is 26.2. The number of aryl methyl sites for hydroxylation is 1. The molecule has 2 aromatic heterocycles. The quantitative estimate of drug-likeness (QED) is 0.652. The number of benzene rings is 1. The fourth-order valence-corrected chi connectivity index (χ4v) is 4.20. The highest BCUT2D eigenvalue weighted by atomic mass is 32.1. The van der Waals surface area contributed by atoms with E-state index in [-0.39, 0.29) is 18.5 Å². The highest BCUT2D eigenvalue weighted by Gasteiger charge is 2.21. The third-order valence-corrected chi connectivity index (χ3v) is 5.43. The Morgan fingerprint density at radius 3 is 2.81 bits per heavy atom. The fourth-order valence-electron chi connectivity index (χ4n) is 3.08. The van der Waals surface area contributed by atoms with Gasteiger partial charge in [0.2, 0.25) is 11.9 Å². The molecule has 0 aliphatic heterocycles. The summed E-state index contributed by atoms with van der Waals surface area (Å²) >= 11 is 1.64. The second kappa shape index (κ2) is 7.71. The summed E-state index contributed by atoms with van der Waals surface area (Å²) < 4.78 is 5.43. The number of esters is 1. The largest absolute Gasteiger partial charge is 0.454 e. The van der Waals surface area contributed by atoms with E-state index >= 15 is 0 Å². The van der Waals surface area contributed by atoms with E-state index in [9.17, 15) is 4.79 Å². The lowest BCUT2D eigenvalue weighted by molar-refractivity contribution is 0.0461. The summed E-state index contributed by atoms with van der Waals surface area (Å²) in [5.74, 6) is 0.347. The third kappa shape index (κ3) is 4.06. The van der Waals surface area contributed by atoms with Crippen molar-refractivity contribution in [2.75, 3.05) is 11.1 Å². The van der Waals surface area contributed by atoms with Gasteiger partial charge in [-0.05, 0) is 43.4 Å². The first-order valence-corrected chi connectivity index (χ1v) is 9.66. The van der Waals surface area contributed by atoms with E-state index in [1.54, 1.807) is 11.3 Å². The number of carbonyl (C=O) groups excluding carboxylic acids is 1. The molecule has 4 rings (SSSR count). The SMILES string of the molecule is Nc1nc(COC(=O)c2csc3c2CCCC3)nc(Nc2ccccc2)n1. The molecule has 3 N–H and O–H groups in total. The van der Waals surface area contributed by atoms with E-state index in [0.717, 1.165) is 30.5 Å². The van der Waals surface area contributed by atoms with Gasteiger partial charge in [0.15, 0.2) is 12.4 Å². The van der Waals surface area contributed by atoms with Crippen LogP contribution in [-0.2, 0) is 24.2 Å². The van der Waals surface area contributed by atoms with Crippen molar-refractivity contribution >= 4 is 34.9 Å². The average Bonchev–Trinajstić information content (AvgIpc) is 3.11. The first-order valence-electron chi connectivity index (χ1n) is 8.78.